The molecule has 1 heterocycles. The third-order valence-electron chi connectivity index (χ3n) is 2.60. The molecule has 3 heteroatoms. The van der Waals surface area contributed by atoms with E-state index in [-0.39, 0.29) is 12.4 Å². The summed E-state index contributed by atoms with van der Waals surface area (Å²) in [6, 6.07) is 10.6. The molecule has 0 radical (unpaired) electrons. The van der Waals surface area contributed by atoms with Crippen molar-refractivity contribution in [2.75, 3.05) is 6.61 Å². The molecular weight excluding hydrogens is 228 g/mol. The Bertz CT molecular complexity index is 278. The Kier molecular flexibility index (Phi) is 5.51. The van der Waals surface area contributed by atoms with Crippen LogP contribution in [0.2, 0.25) is 0 Å². The number of hydrogen-bond donors (Lipinski definition) is 0. The second-order valence-electron chi connectivity index (χ2n) is 3.79. The quantitative estimate of drug-likeness (QED) is 0.550. The Morgan fingerprint density at radius 1 is 1.20 bits per heavy atom. The highest BCUT2D eigenvalue weighted by Crippen LogP contribution is 2.34. The highest BCUT2D eigenvalue weighted by atomic mass is 35.5. The van der Waals surface area contributed by atoms with Crippen LogP contribution in [0, 0.1) is 0 Å². The van der Waals surface area contributed by atoms with E-state index in [2.05, 4.69) is 41.1 Å². The predicted molar refractivity (Wildman–Crippen MR) is 61.6 cm³/mol. The summed E-state index contributed by atoms with van der Waals surface area (Å²) in [6.07, 6.45) is 4.65. The Morgan fingerprint density at radius 3 is 2.60 bits per heavy atom. The van der Waals surface area contributed by atoms with Crippen LogP contribution in [0.1, 0.15) is 26.2 Å². The highest BCUT2D eigenvalue weighted by molar-refractivity contribution is 7.95. The monoisotopic (exact) mass is 244 g/mol. The number of hydrogen-bond acceptors (Lipinski definition) is 1. The fourth-order valence-electron chi connectivity index (χ4n) is 1.73. The summed E-state index contributed by atoms with van der Waals surface area (Å²) in [7, 11) is 0. The van der Waals surface area contributed by atoms with E-state index >= 15 is 0 Å². The zero-order valence-electron chi connectivity index (χ0n) is 8.99. The highest BCUT2D eigenvalue weighted by Gasteiger charge is 2.25. The standard InChI is InChI=1S/C12H17OS.ClH/c1-11-7-5-6-10-13(11)14-12-8-3-2-4-9-12;/h2-4,8-9,11H,5-7,10H2,1H3;1H/q+1;/p-1. The zero-order chi connectivity index (χ0) is 9.80. The van der Waals surface area contributed by atoms with E-state index in [1.807, 2.05) is 12.0 Å². The molecule has 1 fully saturated rings. The Hall–Kier alpha value is -0.180. The maximum Gasteiger partial charge on any atom is 0.225 e. The summed E-state index contributed by atoms with van der Waals surface area (Å²) in [5.41, 5.74) is 0. The Labute approximate surface area is 103 Å². The Morgan fingerprint density at radius 2 is 1.93 bits per heavy atom. The van der Waals surface area contributed by atoms with Crippen molar-refractivity contribution >= 4 is 12.0 Å². The number of halogens is 1. The zero-order valence-corrected chi connectivity index (χ0v) is 10.6. The topological polar surface area (TPSA) is 2.70 Å². The molecule has 1 nitrogen and oxygen atoms in total. The van der Waals surface area contributed by atoms with Gasteiger partial charge in [-0.25, -0.2) is 0 Å². The average Bonchev–Trinajstić information content (AvgIpc) is 2.23. The van der Waals surface area contributed by atoms with Crippen LogP contribution in [0.3, 0.4) is 0 Å². The first-order valence-corrected chi connectivity index (χ1v) is 6.03. The summed E-state index contributed by atoms with van der Waals surface area (Å²) >= 11 is 1.82. The van der Waals surface area contributed by atoms with E-state index in [4.69, 9.17) is 0 Å². The van der Waals surface area contributed by atoms with Gasteiger partial charge in [-0.1, -0.05) is 18.2 Å². The molecule has 0 amide bonds. The molecule has 15 heavy (non-hydrogen) atoms. The summed E-state index contributed by atoms with van der Waals surface area (Å²) < 4.78 is 3.34. The van der Waals surface area contributed by atoms with Crippen molar-refractivity contribution in [1.29, 1.82) is 0 Å². The minimum absolute atomic E-state index is 0. The lowest BCUT2D eigenvalue weighted by atomic mass is 10.1. The van der Waals surface area contributed by atoms with Crippen molar-refractivity contribution in [3.05, 3.63) is 30.3 Å². The van der Waals surface area contributed by atoms with Crippen LogP contribution in [0.15, 0.2) is 35.2 Å². The van der Waals surface area contributed by atoms with Crippen molar-refractivity contribution in [2.24, 2.45) is 0 Å². The van der Waals surface area contributed by atoms with Gasteiger partial charge in [0.15, 0.2) is 12.7 Å². The fraction of sp³-hybridized carbons (Fsp3) is 0.500. The first-order chi connectivity index (χ1) is 6.86. The first kappa shape index (κ1) is 12.9. The van der Waals surface area contributed by atoms with Crippen LogP contribution in [0.25, 0.3) is 0 Å². The summed E-state index contributed by atoms with van der Waals surface area (Å²) in [4.78, 5) is 1.33. The van der Waals surface area contributed by atoms with E-state index < -0.39 is 0 Å². The van der Waals surface area contributed by atoms with Gasteiger partial charge in [0.25, 0.3) is 0 Å². The maximum atomic E-state index is 3.34. The van der Waals surface area contributed by atoms with Gasteiger partial charge in [0.2, 0.25) is 12.0 Å². The van der Waals surface area contributed by atoms with Crippen LogP contribution >= 0.6 is 12.0 Å². The van der Waals surface area contributed by atoms with Gasteiger partial charge in [-0.15, -0.1) is 0 Å². The molecule has 0 bridgehead atoms. The van der Waals surface area contributed by atoms with E-state index in [1.165, 1.54) is 24.2 Å². The van der Waals surface area contributed by atoms with Crippen molar-refractivity contribution in [1.82, 2.24) is 0 Å². The molecule has 1 aromatic rings. The molecule has 1 saturated heterocycles. The molecule has 2 rings (SSSR count). The summed E-state index contributed by atoms with van der Waals surface area (Å²) in [5.74, 6) is 0. The molecule has 1 atom stereocenters. The first-order valence-electron chi connectivity index (χ1n) is 5.29. The van der Waals surface area contributed by atoms with Crippen LogP contribution in [-0.4, -0.2) is 12.7 Å². The van der Waals surface area contributed by atoms with Gasteiger partial charge in [0.1, 0.15) is 0 Å². The van der Waals surface area contributed by atoms with Gasteiger partial charge in [-0.3, -0.25) is 0 Å². The van der Waals surface area contributed by atoms with E-state index in [0.29, 0.717) is 6.10 Å². The van der Waals surface area contributed by atoms with Gasteiger partial charge in [-0.2, -0.15) is 0 Å². The molecule has 0 saturated carbocycles. The lowest BCUT2D eigenvalue weighted by Crippen LogP contribution is -3.00. The SMILES string of the molecule is CC1CCCC[O+]1Sc1ccccc1.[Cl-]. The van der Waals surface area contributed by atoms with E-state index in [9.17, 15) is 0 Å². The Balaban J connectivity index is 0.00000112. The molecule has 1 unspecified atom stereocenters. The van der Waals surface area contributed by atoms with Crippen LogP contribution < -0.4 is 12.4 Å². The second kappa shape index (κ2) is 6.41. The van der Waals surface area contributed by atoms with Crippen LogP contribution in [0.4, 0.5) is 0 Å². The van der Waals surface area contributed by atoms with Crippen molar-refractivity contribution in [3.63, 3.8) is 0 Å². The van der Waals surface area contributed by atoms with Gasteiger partial charge in [0, 0.05) is 19.8 Å². The number of rotatable bonds is 2. The van der Waals surface area contributed by atoms with Crippen molar-refractivity contribution in [3.8, 4) is 0 Å². The number of benzene rings is 1. The van der Waals surface area contributed by atoms with Gasteiger partial charge in [0.05, 0.1) is 4.90 Å². The minimum Gasteiger partial charge on any atom is -1.00 e. The molecule has 1 aromatic carbocycles. The fourth-order valence-corrected chi connectivity index (χ4v) is 2.71. The maximum absolute atomic E-state index is 3.34. The lowest BCUT2D eigenvalue weighted by molar-refractivity contribution is -0.0479. The predicted octanol–water partition coefficient (Wildman–Crippen LogP) is 0.822. The normalized spacial score (nSPS) is 22.1. The molecule has 0 spiro atoms. The molecule has 0 aromatic heterocycles. The molecule has 84 valence electrons. The molecular formula is C12H17ClOS. The molecule has 1 aliphatic heterocycles. The largest absolute Gasteiger partial charge is 1.00 e. The third kappa shape index (κ3) is 3.71. The van der Waals surface area contributed by atoms with Crippen molar-refractivity contribution < 1.29 is 16.2 Å². The van der Waals surface area contributed by atoms with Crippen molar-refractivity contribution in [2.45, 2.75) is 37.2 Å². The molecule has 1 aliphatic rings. The van der Waals surface area contributed by atoms with E-state index in [1.54, 1.807) is 0 Å². The van der Waals surface area contributed by atoms with Crippen LogP contribution in [0.5, 0.6) is 0 Å². The third-order valence-corrected chi connectivity index (χ3v) is 3.78. The van der Waals surface area contributed by atoms with E-state index in [0.717, 1.165) is 6.61 Å². The summed E-state index contributed by atoms with van der Waals surface area (Å²) in [5, 5.41) is 0. The van der Waals surface area contributed by atoms with Gasteiger partial charge < -0.3 is 16.2 Å². The average molecular weight is 245 g/mol. The minimum atomic E-state index is 0. The molecule has 0 N–H and O–H groups in total. The van der Waals surface area contributed by atoms with Gasteiger partial charge >= 0.3 is 0 Å². The smallest absolute Gasteiger partial charge is 0.225 e. The molecule has 0 aliphatic carbocycles. The van der Waals surface area contributed by atoms with Gasteiger partial charge in [-0.05, 0) is 18.6 Å². The lowest BCUT2D eigenvalue weighted by Gasteiger charge is -2.26. The van der Waals surface area contributed by atoms with Crippen LogP contribution in [-0.2, 0) is 3.81 Å². The summed E-state index contributed by atoms with van der Waals surface area (Å²) in [6.45, 7) is 3.44. The second-order valence-corrected chi connectivity index (χ2v) is 4.85.